The number of nitrogens with one attached hydrogen (secondary N) is 2. The Bertz CT molecular complexity index is 765. The molecule has 0 radical (unpaired) electrons. The van der Waals surface area contributed by atoms with Crippen molar-refractivity contribution in [1.82, 2.24) is 15.5 Å². The predicted octanol–water partition coefficient (Wildman–Crippen LogP) is 5.11. The minimum absolute atomic E-state index is 0.0168. The molecule has 1 atom stereocenters. The van der Waals surface area contributed by atoms with E-state index in [-0.39, 0.29) is 42.4 Å². The second kappa shape index (κ2) is 28.4. The average molecular weight is 626 g/mol. The van der Waals surface area contributed by atoms with Crippen LogP contribution in [-0.2, 0) is 33.4 Å². The Morgan fingerprint density at radius 2 is 1.16 bits per heavy atom. The molecule has 0 saturated carbocycles. The largest absolute Gasteiger partial charge is 0.379 e. The number of amides is 3. The number of rotatable bonds is 30. The highest BCUT2D eigenvalue weighted by molar-refractivity contribution is 5.88. The molecule has 1 aliphatic heterocycles. The van der Waals surface area contributed by atoms with Gasteiger partial charge in [-0.1, -0.05) is 71.1 Å². The standard InChI is InChI=1S/C34H63N3O7/c1-3-4-5-6-7-8-9-10-11-12-13-18-33(40)37-23-14-17-31(37)34(41)36-22-16-25-43-27-29-44-28-26-42-24-15-21-35-32(39)20-19-30(2)38/h31H,3-29H2,1-2H3,(H,35,39)(H,36,41). The number of hydrogen-bond acceptors (Lipinski definition) is 7. The number of Topliss-reactive ketones (excluding diaryl/α,β-unsaturated/α-hetero) is 1. The molecule has 10 nitrogen and oxygen atoms in total. The van der Waals surface area contributed by atoms with Gasteiger partial charge in [0.2, 0.25) is 17.7 Å². The first-order valence-corrected chi connectivity index (χ1v) is 17.5. The summed E-state index contributed by atoms with van der Waals surface area (Å²) in [6.45, 7) is 8.44. The Kier molecular flexibility index (Phi) is 25.8. The molecule has 2 N–H and O–H groups in total. The lowest BCUT2D eigenvalue weighted by atomic mass is 10.0. The third-order valence-corrected chi connectivity index (χ3v) is 7.87. The molecule has 0 aliphatic carbocycles. The molecule has 0 bridgehead atoms. The zero-order valence-electron chi connectivity index (χ0n) is 28.0. The first kappa shape index (κ1) is 40.0. The van der Waals surface area contributed by atoms with E-state index in [1.54, 1.807) is 4.90 Å². The number of nitrogens with zero attached hydrogens (tertiary/aromatic N) is 1. The van der Waals surface area contributed by atoms with Crippen LogP contribution in [0.1, 0.15) is 129 Å². The Hall–Kier alpha value is -2.04. The highest BCUT2D eigenvalue weighted by Gasteiger charge is 2.33. The maximum Gasteiger partial charge on any atom is 0.242 e. The van der Waals surface area contributed by atoms with Gasteiger partial charge in [0, 0.05) is 52.1 Å². The smallest absolute Gasteiger partial charge is 0.242 e. The molecule has 1 rings (SSSR count). The van der Waals surface area contributed by atoms with E-state index in [9.17, 15) is 19.2 Å². The summed E-state index contributed by atoms with van der Waals surface area (Å²) in [6.07, 6.45) is 18.0. The normalized spacial score (nSPS) is 14.6. The van der Waals surface area contributed by atoms with Gasteiger partial charge in [-0.2, -0.15) is 0 Å². The number of carbonyl (C=O) groups excluding carboxylic acids is 4. The van der Waals surface area contributed by atoms with E-state index in [4.69, 9.17) is 14.2 Å². The average Bonchev–Trinajstić information content (AvgIpc) is 3.51. The summed E-state index contributed by atoms with van der Waals surface area (Å²) >= 11 is 0. The quantitative estimate of drug-likeness (QED) is 0.106. The van der Waals surface area contributed by atoms with Gasteiger partial charge < -0.3 is 34.5 Å². The van der Waals surface area contributed by atoms with Crippen molar-refractivity contribution < 1.29 is 33.4 Å². The summed E-state index contributed by atoms with van der Waals surface area (Å²) in [5.74, 6) is -0.0158. The van der Waals surface area contributed by atoms with Crippen LogP contribution in [-0.4, -0.2) is 93.7 Å². The molecule has 1 unspecified atom stereocenters. The Morgan fingerprint density at radius 3 is 1.73 bits per heavy atom. The molecular weight excluding hydrogens is 562 g/mol. The van der Waals surface area contributed by atoms with Crippen LogP contribution in [0.5, 0.6) is 0 Å². The molecule has 44 heavy (non-hydrogen) atoms. The van der Waals surface area contributed by atoms with E-state index >= 15 is 0 Å². The zero-order valence-corrected chi connectivity index (χ0v) is 28.0. The van der Waals surface area contributed by atoms with Gasteiger partial charge in [-0.15, -0.1) is 0 Å². The lowest BCUT2D eigenvalue weighted by Crippen LogP contribution is -2.46. The number of ketones is 1. The van der Waals surface area contributed by atoms with E-state index in [0.29, 0.717) is 78.5 Å². The molecule has 0 aromatic carbocycles. The molecule has 0 spiro atoms. The SMILES string of the molecule is CCCCCCCCCCCCCC(=O)N1CCCC1C(=O)NCCCOCCOCCOCCCNC(=O)CCC(C)=O. The van der Waals surface area contributed by atoms with Crippen LogP contribution in [0, 0.1) is 0 Å². The first-order chi connectivity index (χ1) is 21.5. The number of likely N-dealkylation sites (tertiary alicyclic amines) is 1. The topological polar surface area (TPSA) is 123 Å². The third kappa shape index (κ3) is 22.5. The van der Waals surface area contributed by atoms with Gasteiger partial charge >= 0.3 is 0 Å². The lowest BCUT2D eigenvalue weighted by molar-refractivity contribution is -0.138. The van der Waals surface area contributed by atoms with Gasteiger partial charge in [-0.05, 0) is 39.0 Å². The molecule has 1 fully saturated rings. The van der Waals surface area contributed by atoms with E-state index in [0.717, 1.165) is 25.7 Å². The number of unbranched alkanes of at least 4 members (excludes halogenated alkanes) is 10. The van der Waals surface area contributed by atoms with E-state index < -0.39 is 0 Å². The highest BCUT2D eigenvalue weighted by Crippen LogP contribution is 2.20. The summed E-state index contributed by atoms with van der Waals surface area (Å²) < 4.78 is 16.5. The molecule has 0 aromatic rings. The fourth-order valence-electron chi connectivity index (χ4n) is 5.25. The molecule has 3 amide bonds. The Morgan fingerprint density at radius 1 is 0.636 bits per heavy atom. The van der Waals surface area contributed by atoms with Crippen molar-refractivity contribution in [3.63, 3.8) is 0 Å². The minimum Gasteiger partial charge on any atom is -0.379 e. The van der Waals surface area contributed by atoms with Crippen molar-refractivity contribution in [2.24, 2.45) is 0 Å². The second-order valence-corrected chi connectivity index (χ2v) is 11.9. The Balaban J connectivity index is 1.93. The molecule has 1 heterocycles. The maximum absolute atomic E-state index is 12.8. The molecule has 10 heteroatoms. The van der Waals surface area contributed by atoms with Crippen LogP contribution in [0.3, 0.4) is 0 Å². The van der Waals surface area contributed by atoms with Crippen molar-refractivity contribution in [2.45, 2.75) is 135 Å². The van der Waals surface area contributed by atoms with Crippen LogP contribution in [0.15, 0.2) is 0 Å². The number of hydrogen-bond donors (Lipinski definition) is 2. The summed E-state index contributed by atoms with van der Waals surface area (Å²) in [5.41, 5.74) is 0. The van der Waals surface area contributed by atoms with E-state index in [2.05, 4.69) is 17.6 Å². The van der Waals surface area contributed by atoms with Crippen molar-refractivity contribution in [3.8, 4) is 0 Å². The van der Waals surface area contributed by atoms with Crippen LogP contribution < -0.4 is 10.6 Å². The highest BCUT2D eigenvalue weighted by atomic mass is 16.5. The molecule has 1 saturated heterocycles. The lowest BCUT2D eigenvalue weighted by Gasteiger charge is -2.24. The summed E-state index contributed by atoms with van der Waals surface area (Å²) in [7, 11) is 0. The monoisotopic (exact) mass is 625 g/mol. The zero-order chi connectivity index (χ0) is 32.1. The first-order valence-electron chi connectivity index (χ1n) is 17.5. The summed E-state index contributed by atoms with van der Waals surface area (Å²) in [5, 5.41) is 5.75. The summed E-state index contributed by atoms with van der Waals surface area (Å²) in [6, 6.07) is -0.330. The van der Waals surface area contributed by atoms with E-state index in [1.807, 2.05) is 0 Å². The maximum atomic E-state index is 12.8. The van der Waals surface area contributed by atoms with Gasteiger partial charge in [0.15, 0.2) is 0 Å². The van der Waals surface area contributed by atoms with Gasteiger partial charge in [-0.3, -0.25) is 14.4 Å². The predicted molar refractivity (Wildman–Crippen MR) is 173 cm³/mol. The van der Waals surface area contributed by atoms with Gasteiger partial charge in [-0.25, -0.2) is 0 Å². The Labute approximate surface area is 267 Å². The van der Waals surface area contributed by atoms with Crippen molar-refractivity contribution in [2.75, 3.05) is 59.3 Å². The van der Waals surface area contributed by atoms with Crippen molar-refractivity contribution >= 4 is 23.5 Å². The minimum atomic E-state index is -0.330. The molecular formula is C34H63N3O7. The molecule has 0 aromatic heterocycles. The molecule has 1 aliphatic rings. The second-order valence-electron chi connectivity index (χ2n) is 11.9. The van der Waals surface area contributed by atoms with Gasteiger partial charge in [0.1, 0.15) is 11.8 Å². The number of carbonyl (C=O) groups is 4. The van der Waals surface area contributed by atoms with Gasteiger partial charge in [0.05, 0.1) is 26.4 Å². The van der Waals surface area contributed by atoms with Crippen LogP contribution >= 0.6 is 0 Å². The fourth-order valence-corrected chi connectivity index (χ4v) is 5.25. The van der Waals surface area contributed by atoms with Crippen LogP contribution in [0.4, 0.5) is 0 Å². The number of ether oxygens (including phenoxy) is 3. The van der Waals surface area contributed by atoms with Crippen LogP contribution in [0.25, 0.3) is 0 Å². The molecule has 256 valence electrons. The summed E-state index contributed by atoms with van der Waals surface area (Å²) in [4.78, 5) is 49.6. The van der Waals surface area contributed by atoms with Crippen molar-refractivity contribution in [1.29, 1.82) is 0 Å². The third-order valence-electron chi connectivity index (χ3n) is 7.87. The van der Waals surface area contributed by atoms with Crippen LogP contribution in [0.2, 0.25) is 0 Å². The fraction of sp³-hybridized carbons (Fsp3) is 0.882. The van der Waals surface area contributed by atoms with E-state index in [1.165, 1.54) is 64.7 Å². The van der Waals surface area contributed by atoms with Crippen molar-refractivity contribution in [3.05, 3.63) is 0 Å². The van der Waals surface area contributed by atoms with Gasteiger partial charge in [0.25, 0.3) is 0 Å².